The van der Waals surface area contributed by atoms with E-state index in [1.54, 1.807) is 0 Å². The largest absolute Gasteiger partial charge is 0.299 e. The Morgan fingerprint density at radius 3 is 2.64 bits per heavy atom. The van der Waals surface area contributed by atoms with Gasteiger partial charge in [-0.05, 0) is 42.9 Å². The van der Waals surface area contributed by atoms with Crippen molar-refractivity contribution in [2.45, 2.75) is 19.3 Å². The Kier molecular flexibility index (Phi) is 0.630. The van der Waals surface area contributed by atoms with Crippen LogP contribution in [0.25, 0.3) is 0 Å². The number of Topliss-reactive ketones (excluding diaryl/α,β-unsaturated/α-hetero) is 1. The van der Waals surface area contributed by atoms with Crippen molar-refractivity contribution >= 4 is 5.78 Å². The van der Waals surface area contributed by atoms with Crippen molar-refractivity contribution in [3.63, 3.8) is 0 Å². The van der Waals surface area contributed by atoms with Gasteiger partial charge in [0.25, 0.3) is 0 Å². The number of ketones is 1. The zero-order valence-corrected chi connectivity index (χ0v) is 6.49. The third-order valence-corrected chi connectivity index (χ3v) is 4.98. The highest BCUT2D eigenvalue weighted by Crippen LogP contribution is 2.72. The molecule has 11 heavy (non-hydrogen) atoms. The Morgan fingerprint density at radius 1 is 1.09 bits per heavy atom. The maximum absolute atomic E-state index is 11.6. The van der Waals surface area contributed by atoms with Crippen LogP contribution in [0.4, 0.5) is 0 Å². The van der Waals surface area contributed by atoms with Crippen molar-refractivity contribution in [1.29, 1.82) is 0 Å². The maximum atomic E-state index is 11.6. The Balaban J connectivity index is 1.94. The molecule has 2 bridgehead atoms. The van der Waals surface area contributed by atoms with Gasteiger partial charge in [-0.15, -0.1) is 0 Å². The number of fused-ring (bicyclic) bond motifs is 3. The summed E-state index contributed by atoms with van der Waals surface area (Å²) in [4.78, 5) is 11.6. The van der Waals surface area contributed by atoms with Crippen LogP contribution in [0, 0.1) is 35.5 Å². The van der Waals surface area contributed by atoms with E-state index in [0.717, 1.165) is 23.7 Å². The van der Waals surface area contributed by atoms with Crippen LogP contribution in [0.1, 0.15) is 19.3 Å². The Labute approximate surface area is 66.2 Å². The number of rotatable bonds is 0. The molecule has 0 amide bonds. The molecule has 4 saturated carbocycles. The van der Waals surface area contributed by atoms with Crippen LogP contribution >= 0.6 is 0 Å². The van der Waals surface area contributed by atoms with E-state index in [1.165, 1.54) is 19.3 Å². The molecule has 6 atom stereocenters. The quantitative estimate of drug-likeness (QED) is 0.508. The van der Waals surface area contributed by atoms with Gasteiger partial charge in [0.05, 0.1) is 0 Å². The zero-order chi connectivity index (χ0) is 7.16. The molecule has 0 radical (unpaired) electrons. The third kappa shape index (κ3) is 0.344. The van der Waals surface area contributed by atoms with Gasteiger partial charge in [-0.2, -0.15) is 0 Å². The Morgan fingerprint density at radius 2 is 1.91 bits per heavy atom. The second kappa shape index (κ2) is 1.30. The molecule has 0 saturated heterocycles. The molecule has 4 aliphatic rings. The summed E-state index contributed by atoms with van der Waals surface area (Å²) in [6, 6.07) is 0. The molecule has 4 aliphatic carbocycles. The molecule has 0 N–H and O–H groups in total. The molecule has 4 rings (SSSR count). The predicted molar refractivity (Wildman–Crippen MR) is 39.8 cm³/mol. The highest BCUT2D eigenvalue weighted by Gasteiger charge is 2.72. The lowest BCUT2D eigenvalue weighted by molar-refractivity contribution is -0.125. The summed E-state index contributed by atoms with van der Waals surface area (Å²) in [6.07, 6.45) is 4.13. The summed E-state index contributed by atoms with van der Waals surface area (Å²) in [5, 5.41) is 0. The van der Waals surface area contributed by atoms with E-state index in [0.29, 0.717) is 17.6 Å². The van der Waals surface area contributed by atoms with Crippen molar-refractivity contribution in [3.05, 3.63) is 0 Å². The van der Waals surface area contributed by atoms with Gasteiger partial charge in [0.2, 0.25) is 0 Å². The molecule has 0 unspecified atom stereocenters. The summed E-state index contributed by atoms with van der Waals surface area (Å²) in [5.41, 5.74) is 0. The lowest BCUT2D eigenvalue weighted by Gasteiger charge is -2.47. The number of hydrogen-bond donors (Lipinski definition) is 0. The summed E-state index contributed by atoms with van der Waals surface area (Å²) < 4.78 is 0. The first kappa shape index (κ1) is 5.34. The SMILES string of the molecule is O=C1[C@@H]2[C@@H]3C[C@H]1[C@@H]1CC[C@H]3[C@@H]12. The van der Waals surface area contributed by atoms with E-state index < -0.39 is 0 Å². The van der Waals surface area contributed by atoms with Crippen LogP contribution < -0.4 is 0 Å². The molecule has 58 valence electrons. The first-order chi connectivity index (χ1) is 5.38. The standard InChI is InChI=1S/C10H12O/c11-10-7-3-6-4-1-2-5(7)8(4)9(6)10/h4-9H,1-3H2/t4-,5+,6-,7+,8+,9-/m1/s1. The van der Waals surface area contributed by atoms with Crippen LogP contribution in [0.5, 0.6) is 0 Å². The molecule has 0 aromatic rings. The van der Waals surface area contributed by atoms with E-state index in [4.69, 9.17) is 0 Å². The van der Waals surface area contributed by atoms with Crippen molar-refractivity contribution in [2.24, 2.45) is 35.5 Å². The minimum Gasteiger partial charge on any atom is -0.299 e. The molecule has 0 aromatic carbocycles. The summed E-state index contributed by atoms with van der Waals surface area (Å²) in [7, 11) is 0. The van der Waals surface area contributed by atoms with Gasteiger partial charge < -0.3 is 0 Å². The normalized spacial score (nSPS) is 68.9. The monoisotopic (exact) mass is 148 g/mol. The van der Waals surface area contributed by atoms with E-state index in [9.17, 15) is 4.79 Å². The predicted octanol–water partition coefficient (Wildman–Crippen LogP) is 1.48. The molecule has 1 heteroatoms. The summed E-state index contributed by atoms with van der Waals surface area (Å²) >= 11 is 0. The van der Waals surface area contributed by atoms with Gasteiger partial charge >= 0.3 is 0 Å². The highest BCUT2D eigenvalue weighted by molar-refractivity contribution is 5.90. The first-order valence-electron chi connectivity index (χ1n) is 4.91. The molecule has 0 aromatic heterocycles. The molecule has 0 spiro atoms. The number of carbonyl (C=O) groups is 1. The maximum Gasteiger partial charge on any atom is 0.139 e. The van der Waals surface area contributed by atoms with Crippen molar-refractivity contribution < 1.29 is 4.79 Å². The molecule has 0 aliphatic heterocycles. The molecule has 0 heterocycles. The number of hydrogen-bond acceptors (Lipinski definition) is 1. The first-order valence-corrected chi connectivity index (χ1v) is 4.91. The minimum atomic E-state index is 0.550. The fourth-order valence-corrected chi connectivity index (χ4v) is 4.76. The lowest BCUT2D eigenvalue weighted by Crippen LogP contribution is -2.44. The van der Waals surface area contributed by atoms with Gasteiger partial charge in [-0.25, -0.2) is 0 Å². The van der Waals surface area contributed by atoms with Gasteiger partial charge in [-0.1, -0.05) is 0 Å². The van der Waals surface area contributed by atoms with E-state index in [2.05, 4.69) is 0 Å². The topological polar surface area (TPSA) is 17.1 Å². The Hall–Kier alpha value is -0.330. The van der Waals surface area contributed by atoms with E-state index in [1.807, 2.05) is 0 Å². The van der Waals surface area contributed by atoms with Crippen LogP contribution in [0.3, 0.4) is 0 Å². The van der Waals surface area contributed by atoms with E-state index in [-0.39, 0.29) is 0 Å². The van der Waals surface area contributed by atoms with Crippen molar-refractivity contribution in [1.82, 2.24) is 0 Å². The average Bonchev–Trinajstić information content (AvgIpc) is 2.45. The van der Waals surface area contributed by atoms with Crippen LogP contribution in [0.2, 0.25) is 0 Å². The molecule has 1 nitrogen and oxygen atoms in total. The van der Waals surface area contributed by atoms with Gasteiger partial charge in [-0.3, -0.25) is 4.79 Å². The van der Waals surface area contributed by atoms with Gasteiger partial charge in [0.1, 0.15) is 5.78 Å². The lowest BCUT2D eigenvalue weighted by atomic mass is 9.56. The van der Waals surface area contributed by atoms with Crippen LogP contribution in [-0.2, 0) is 4.79 Å². The molecular weight excluding hydrogens is 136 g/mol. The van der Waals surface area contributed by atoms with Gasteiger partial charge in [0.15, 0.2) is 0 Å². The minimum absolute atomic E-state index is 0.550. The zero-order valence-electron chi connectivity index (χ0n) is 6.49. The number of carbonyl (C=O) groups excluding carboxylic acids is 1. The van der Waals surface area contributed by atoms with Crippen LogP contribution in [-0.4, -0.2) is 5.78 Å². The fourth-order valence-electron chi connectivity index (χ4n) is 4.76. The Bertz CT molecular complexity index is 250. The summed E-state index contributed by atoms with van der Waals surface area (Å²) in [6.45, 7) is 0. The fraction of sp³-hybridized carbons (Fsp3) is 0.900. The van der Waals surface area contributed by atoms with Gasteiger partial charge in [0, 0.05) is 11.8 Å². The molecular formula is C10H12O. The third-order valence-electron chi connectivity index (χ3n) is 4.98. The second-order valence-corrected chi connectivity index (χ2v) is 4.92. The van der Waals surface area contributed by atoms with E-state index >= 15 is 0 Å². The smallest absolute Gasteiger partial charge is 0.139 e. The van der Waals surface area contributed by atoms with Crippen LogP contribution in [0.15, 0.2) is 0 Å². The average molecular weight is 148 g/mol. The molecule has 4 fully saturated rings. The highest BCUT2D eigenvalue weighted by atomic mass is 16.1. The second-order valence-electron chi connectivity index (χ2n) is 4.92. The summed E-state index contributed by atoms with van der Waals surface area (Å²) in [5.74, 6) is 5.44. The van der Waals surface area contributed by atoms with Crippen molar-refractivity contribution in [2.75, 3.05) is 0 Å². The van der Waals surface area contributed by atoms with Crippen molar-refractivity contribution in [3.8, 4) is 0 Å².